The zero-order chi connectivity index (χ0) is 6.24. The SMILES string of the molecule is CCCCOCC=O.[H-].[H-].[Sr+2]. The molecule has 2 nitrogen and oxygen atoms in total. The van der Waals surface area contributed by atoms with Crippen molar-refractivity contribution in [1.29, 1.82) is 0 Å². The summed E-state index contributed by atoms with van der Waals surface area (Å²) >= 11 is 0. The zero-order valence-electron chi connectivity index (χ0n) is 7.93. The zero-order valence-corrected chi connectivity index (χ0v) is 9.41. The van der Waals surface area contributed by atoms with Crippen LogP contribution in [0.5, 0.6) is 0 Å². The average Bonchev–Trinajstić information content (AvgIpc) is 1.81. The summed E-state index contributed by atoms with van der Waals surface area (Å²) in [4.78, 5) is 9.64. The Balaban J connectivity index is -0.0000000817. The minimum absolute atomic E-state index is 0. The van der Waals surface area contributed by atoms with Crippen LogP contribution in [-0.4, -0.2) is 65.0 Å². The van der Waals surface area contributed by atoms with Crippen molar-refractivity contribution in [1.82, 2.24) is 0 Å². The van der Waals surface area contributed by atoms with Gasteiger partial charge in [0, 0.05) is 6.61 Å². The summed E-state index contributed by atoms with van der Waals surface area (Å²) in [7, 11) is 0. The fraction of sp³-hybridized carbons (Fsp3) is 0.833. The maximum Gasteiger partial charge on any atom is 2.00 e. The van der Waals surface area contributed by atoms with Crippen molar-refractivity contribution in [2.24, 2.45) is 0 Å². The molecule has 0 N–H and O–H groups in total. The maximum absolute atomic E-state index is 9.64. The Hall–Kier alpha value is 1.11. The van der Waals surface area contributed by atoms with E-state index in [0.29, 0.717) is 0 Å². The third-order valence-electron chi connectivity index (χ3n) is 0.828. The van der Waals surface area contributed by atoms with E-state index in [0.717, 1.165) is 25.7 Å². The van der Waals surface area contributed by atoms with E-state index in [1.807, 2.05) is 0 Å². The molecule has 0 aromatic carbocycles. The molecule has 0 saturated heterocycles. The third kappa shape index (κ3) is 12.3. The summed E-state index contributed by atoms with van der Waals surface area (Å²) in [5.41, 5.74) is 0. The van der Waals surface area contributed by atoms with Crippen molar-refractivity contribution >= 4 is 51.8 Å². The van der Waals surface area contributed by atoms with Gasteiger partial charge in [-0.15, -0.1) is 0 Å². The molecule has 0 spiro atoms. The first-order valence-corrected chi connectivity index (χ1v) is 2.93. The molecule has 0 fully saturated rings. The Morgan fingerprint density at radius 3 is 2.78 bits per heavy atom. The number of aldehydes is 1. The van der Waals surface area contributed by atoms with E-state index in [4.69, 9.17) is 4.74 Å². The minimum atomic E-state index is 0. The van der Waals surface area contributed by atoms with Crippen LogP contribution in [0.15, 0.2) is 0 Å². The molecule has 3 heteroatoms. The van der Waals surface area contributed by atoms with Crippen molar-refractivity contribution in [3.8, 4) is 0 Å². The van der Waals surface area contributed by atoms with Gasteiger partial charge in [-0.1, -0.05) is 13.3 Å². The van der Waals surface area contributed by atoms with Crippen LogP contribution in [0.4, 0.5) is 0 Å². The molecule has 0 aromatic rings. The molecule has 0 amide bonds. The number of ether oxygens (including phenoxy) is 1. The number of unbranched alkanes of at least 4 members (excludes halogenated alkanes) is 1. The van der Waals surface area contributed by atoms with Gasteiger partial charge in [-0.25, -0.2) is 0 Å². The van der Waals surface area contributed by atoms with Gasteiger partial charge in [0.25, 0.3) is 0 Å². The second-order valence-corrected chi connectivity index (χ2v) is 1.60. The van der Waals surface area contributed by atoms with E-state index < -0.39 is 0 Å². The summed E-state index contributed by atoms with van der Waals surface area (Å²) in [6.07, 6.45) is 2.95. The standard InChI is InChI=1S/C6H12O2.Sr.2H/c1-2-3-5-8-6-4-7;;;/h4H,2-3,5-6H2,1H3;;;/q;+2;2*-1. The molecule has 0 aromatic heterocycles. The van der Waals surface area contributed by atoms with Gasteiger partial charge in [-0.2, -0.15) is 0 Å². The summed E-state index contributed by atoms with van der Waals surface area (Å²) in [6.45, 7) is 3.06. The van der Waals surface area contributed by atoms with E-state index in [1.165, 1.54) is 0 Å². The van der Waals surface area contributed by atoms with Crippen LogP contribution in [-0.2, 0) is 9.53 Å². The van der Waals surface area contributed by atoms with E-state index >= 15 is 0 Å². The van der Waals surface area contributed by atoms with Gasteiger partial charge >= 0.3 is 45.5 Å². The fourth-order valence-corrected chi connectivity index (χ4v) is 0.378. The second-order valence-electron chi connectivity index (χ2n) is 1.60. The van der Waals surface area contributed by atoms with Crippen molar-refractivity contribution < 1.29 is 12.4 Å². The quantitative estimate of drug-likeness (QED) is 0.378. The molecule has 0 aliphatic rings. The van der Waals surface area contributed by atoms with Crippen molar-refractivity contribution in [2.45, 2.75) is 19.8 Å². The van der Waals surface area contributed by atoms with Gasteiger partial charge < -0.3 is 12.4 Å². The van der Waals surface area contributed by atoms with Gasteiger partial charge in [0.2, 0.25) is 0 Å². The molecular weight excluding hydrogens is 192 g/mol. The van der Waals surface area contributed by atoms with Crippen molar-refractivity contribution in [3.05, 3.63) is 0 Å². The molecule has 0 atom stereocenters. The summed E-state index contributed by atoms with van der Waals surface area (Å²) in [5.74, 6) is 0. The number of hydrogen-bond donors (Lipinski definition) is 0. The number of rotatable bonds is 5. The molecule has 0 aliphatic heterocycles. The van der Waals surface area contributed by atoms with Crippen molar-refractivity contribution in [2.75, 3.05) is 13.2 Å². The molecule has 0 aliphatic carbocycles. The monoisotopic (exact) mass is 206 g/mol. The molecule has 0 bridgehead atoms. The Morgan fingerprint density at radius 1 is 1.67 bits per heavy atom. The van der Waals surface area contributed by atoms with Crippen molar-refractivity contribution in [3.63, 3.8) is 0 Å². The number of hydrogen-bond acceptors (Lipinski definition) is 2. The van der Waals surface area contributed by atoms with Crippen LogP contribution in [0.1, 0.15) is 22.6 Å². The third-order valence-corrected chi connectivity index (χ3v) is 0.828. The molecular formula is C6H14O2Sr. The normalized spacial score (nSPS) is 8.11. The minimum Gasteiger partial charge on any atom is -1.00 e. The van der Waals surface area contributed by atoms with Crippen LogP contribution in [0.3, 0.4) is 0 Å². The maximum atomic E-state index is 9.64. The molecule has 9 heavy (non-hydrogen) atoms. The Bertz CT molecular complexity index is 64.5. The van der Waals surface area contributed by atoms with Gasteiger partial charge in [-0.3, -0.25) is 0 Å². The molecule has 0 radical (unpaired) electrons. The van der Waals surface area contributed by atoms with Gasteiger partial charge in [0.05, 0.1) is 0 Å². The predicted octanol–water partition coefficient (Wildman–Crippen LogP) is 0.846. The predicted molar refractivity (Wildman–Crippen MR) is 39.8 cm³/mol. The second kappa shape index (κ2) is 11.9. The molecule has 52 valence electrons. The molecule has 0 rings (SSSR count). The summed E-state index contributed by atoms with van der Waals surface area (Å²) in [5, 5.41) is 0. The van der Waals surface area contributed by atoms with Crippen LogP contribution >= 0.6 is 0 Å². The van der Waals surface area contributed by atoms with Crippen LogP contribution in [0.25, 0.3) is 0 Å². The van der Waals surface area contributed by atoms with E-state index in [2.05, 4.69) is 6.92 Å². The number of carbonyl (C=O) groups excluding carboxylic acids is 1. The summed E-state index contributed by atoms with van der Waals surface area (Å²) in [6, 6.07) is 0. The largest absolute Gasteiger partial charge is 2.00 e. The van der Waals surface area contributed by atoms with E-state index in [1.54, 1.807) is 0 Å². The Kier molecular flexibility index (Phi) is 16.8. The van der Waals surface area contributed by atoms with E-state index in [-0.39, 0.29) is 54.9 Å². The van der Waals surface area contributed by atoms with Crippen LogP contribution in [0, 0.1) is 0 Å². The number of carbonyl (C=O) groups is 1. The van der Waals surface area contributed by atoms with Gasteiger partial charge in [-0.05, 0) is 6.42 Å². The topological polar surface area (TPSA) is 26.3 Å². The van der Waals surface area contributed by atoms with E-state index in [9.17, 15) is 4.79 Å². The molecule has 0 heterocycles. The Morgan fingerprint density at radius 2 is 2.33 bits per heavy atom. The summed E-state index contributed by atoms with van der Waals surface area (Å²) < 4.78 is 4.86. The molecule has 0 unspecified atom stereocenters. The van der Waals surface area contributed by atoms with Gasteiger partial charge in [0.1, 0.15) is 12.9 Å². The smallest absolute Gasteiger partial charge is 1.00 e. The van der Waals surface area contributed by atoms with Crippen LogP contribution < -0.4 is 0 Å². The first-order chi connectivity index (χ1) is 3.91. The first-order valence-electron chi connectivity index (χ1n) is 2.93. The fourth-order valence-electron chi connectivity index (χ4n) is 0.378. The van der Waals surface area contributed by atoms with Gasteiger partial charge in [0.15, 0.2) is 0 Å². The first kappa shape index (κ1) is 12.8. The Labute approximate surface area is 96.2 Å². The molecule has 0 saturated carbocycles. The van der Waals surface area contributed by atoms with Crippen LogP contribution in [0.2, 0.25) is 0 Å². The average molecular weight is 206 g/mol.